The molecule has 1 aromatic carbocycles. The minimum Gasteiger partial charge on any atom is -0.298 e. The molecule has 1 aromatic rings. The van der Waals surface area contributed by atoms with Gasteiger partial charge in [-0.2, -0.15) is 0 Å². The van der Waals surface area contributed by atoms with E-state index in [0.717, 1.165) is 0 Å². The molecule has 0 amide bonds. The predicted molar refractivity (Wildman–Crippen MR) is 63.8 cm³/mol. The second kappa shape index (κ2) is 5.18. The van der Waals surface area contributed by atoms with Gasteiger partial charge in [0.05, 0.1) is 5.75 Å². The first-order valence-electron chi connectivity index (χ1n) is 4.43. The van der Waals surface area contributed by atoms with E-state index in [1.165, 1.54) is 12.1 Å². The summed E-state index contributed by atoms with van der Waals surface area (Å²) in [5.74, 6) is -0.421. The van der Waals surface area contributed by atoms with Crippen molar-refractivity contribution in [3.63, 3.8) is 0 Å². The third-order valence-electron chi connectivity index (χ3n) is 2.13. The van der Waals surface area contributed by atoms with E-state index in [0.29, 0.717) is 17.4 Å². The second-order valence-corrected chi connectivity index (χ2v) is 6.09. The van der Waals surface area contributed by atoms with E-state index in [4.69, 9.17) is 16.2 Å². The third kappa shape index (κ3) is 3.74. The third-order valence-corrected chi connectivity index (χ3v) is 3.11. The Kier molecular flexibility index (Phi) is 4.11. The van der Waals surface area contributed by atoms with Gasteiger partial charge in [0.1, 0.15) is 6.29 Å². The summed E-state index contributed by atoms with van der Waals surface area (Å²) in [6.07, 6.45) is 0.542. The van der Waals surface area contributed by atoms with Crippen LogP contribution in [0.4, 0.5) is 5.69 Å². The molecule has 0 aromatic heterocycles. The first-order chi connectivity index (χ1) is 7.87. The lowest BCUT2D eigenvalue weighted by atomic mass is 10.0. The van der Waals surface area contributed by atoms with Crippen molar-refractivity contribution in [2.24, 2.45) is 5.11 Å². The Bertz CT molecular complexity index is 606. The standard InChI is InChI=1S/C9H8ClN3O3S/c1-6-8(5-17(10,15)16)2-7(4-14)3-9(6)12-13-11/h2-4H,5H2,1H3. The molecule has 1 rings (SSSR count). The summed E-state index contributed by atoms with van der Waals surface area (Å²) in [6, 6.07) is 2.78. The number of carbonyl (C=O) groups is 1. The molecular weight excluding hydrogens is 266 g/mol. The van der Waals surface area contributed by atoms with E-state index in [-0.39, 0.29) is 11.3 Å². The van der Waals surface area contributed by atoms with E-state index in [2.05, 4.69) is 10.0 Å². The number of azide groups is 1. The molecule has 0 aliphatic carbocycles. The van der Waals surface area contributed by atoms with E-state index in [1.54, 1.807) is 6.92 Å². The highest BCUT2D eigenvalue weighted by molar-refractivity contribution is 8.13. The molecule has 0 aliphatic rings. The van der Waals surface area contributed by atoms with Crippen molar-refractivity contribution in [1.82, 2.24) is 0 Å². The zero-order valence-electron chi connectivity index (χ0n) is 8.79. The number of nitrogens with zero attached hydrogens (tertiary/aromatic N) is 3. The second-order valence-electron chi connectivity index (χ2n) is 3.31. The molecule has 0 spiro atoms. The van der Waals surface area contributed by atoms with Crippen LogP contribution in [-0.2, 0) is 14.8 Å². The highest BCUT2D eigenvalue weighted by atomic mass is 35.7. The van der Waals surface area contributed by atoms with Gasteiger partial charge in [0.2, 0.25) is 9.05 Å². The molecular formula is C9H8ClN3O3S. The predicted octanol–water partition coefficient (Wildman–Crippen LogP) is 2.82. The number of benzene rings is 1. The van der Waals surface area contributed by atoms with Crippen LogP contribution < -0.4 is 0 Å². The molecule has 0 radical (unpaired) electrons. The minimum atomic E-state index is -3.73. The largest absolute Gasteiger partial charge is 0.298 e. The monoisotopic (exact) mass is 273 g/mol. The Balaban J connectivity index is 3.43. The smallest absolute Gasteiger partial charge is 0.236 e. The molecule has 17 heavy (non-hydrogen) atoms. The quantitative estimate of drug-likeness (QED) is 0.277. The normalized spacial score (nSPS) is 10.7. The van der Waals surface area contributed by atoms with Gasteiger partial charge in [-0.1, -0.05) is 5.11 Å². The molecule has 0 bridgehead atoms. The molecule has 0 unspecified atom stereocenters. The topological polar surface area (TPSA) is 100.0 Å². The van der Waals surface area contributed by atoms with Crippen LogP contribution in [0.5, 0.6) is 0 Å². The van der Waals surface area contributed by atoms with Gasteiger partial charge >= 0.3 is 0 Å². The number of halogens is 1. The Morgan fingerprint density at radius 2 is 2.18 bits per heavy atom. The molecule has 0 atom stereocenters. The number of aldehydes is 1. The van der Waals surface area contributed by atoms with Gasteiger partial charge in [-0.15, -0.1) is 0 Å². The molecule has 0 aliphatic heterocycles. The molecule has 0 fully saturated rings. The van der Waals surface area contributed by atoms with Crippen LogP contribution in [0.15, 0.2) is 17.2 Å². The summed E-state index contributed by atoms with van der Waals surface area (Å²) in [6.45, 7) is 1.59. The van der Waals surface area contributed by atoms with Crippen LogP contribution in [0.25, 0.3) is 10.4 Å². The molecule has 0 heterocycles. The van der Waals surface area contributed by atoms with Gasteiger partial charge in [0.25, 0.3) is 0 Å². The van der Waals surface area contributed by atoms with Gasteiger partial charge in [-0.25, -0.2) is 8.42 Å². The highest BCUT2D eigenvalue weighted by Gasteiger charge is 2.13. The van der Waals surface area contributed by atoms with Crippen molar-refractivity contribution in [3.8, 4) is 0 Å². The van der Waals surface area contributed by atoms with Gasteiger partial charge in [0, 0.05) is 26.8 Å². The van der Waals surface area contributed by atoms with Crippen molar-refractivity contribution in [2.75, 3.05) is 0 Å². The van der Waals surface area contributed by atoms with Gasteiger partial charge in [0.15, 0.2) is 0 Å². The van der Waals surface area contributed by atoms with Crippen molar-refractivity contribution in [1.29, 1.82) is 0 Å². The van der Waals surface area contributed by atoms with Crippen molar-refractivity contribution < 1.29 is 13.2 Å². The molecule has 0 N–H and O–H groups in total. The highest BCUT2D eigenvalue weighted by Crippen LogP contribution is 2.26. The van der Waals surface area contributed by atoms with Crippen molar-refractivity contribution in [3.05, 3.63) is 39.3 Å². The fraction of sp³-hybridized carbons (Fsp3) is 0.222. The van der Waals surface area contributed by atoms with Crippen LogP contribution in [0.1, 0.15) is 21.5 Å². The van der Waals surface area contributed by atoms with Gasteiger partial charge < -0.3 is 0 Å². The van der Waals surface area contributed by atoms with Crippen LogP contribution in [0.2, 0.25) is 0 Å². The van der Waals surface area contributed by atoms with Crippen LogP contribution in [0, 0.1) is 6.92 Å². The molecule has 8 heteroatoms. The molecule has 0 saturated heterocycles. The Hall–Kier alpha value is -1.56. The maximum atomic E-state index is 11.0. The molecule has 90 valence electrons. The number of hydrogen-bond acceptors (Lipinski definition) is 4. The Labute approximate surface area is 102 Å². The summed E-state index contributed by atoms with van der Waals surface area (Å²) >= 11 is 0. The molecule has 0 saturated carbocycles. The number of hydrogen-bond donors (Lipinski definition) is 0. The maximum Gasteiger partial charge on any atom is 0.236 e. The van der Waals surface area contributed by atoms with Crippen molar-refractivity contribution in [2.45, 2.75) is 12.7 Å². The lowest BCUT2D eigenvalue weighted by Crippen LogP contribution is -1.99. The fourth-order valence-corrected chi connectivity index (χ4v) is 2.36. The average Bonchev–Trinajstić information content (AvgIpc) is 2.22. The van der Waals surface area contributed by atoms with E-state index in [9.17, 15) is 13.2 Å². The Morgan fingerprint density at radius 1 is 1.53 bits per heavy atom. The van der Waals surface area contributed by atoms with E-state index in [1.807, 2.05) is 0 Å². The van der Waals surface area contributed by atoms with Crippen LogP contribution in [0.3, 0.4) is 0 Å². The van der Waals surface area contributed by atoms with Crippen molar-refractivity contribution >= 4 is 31.7 Å². The average molecular weight is 274 g/mol. The number of carbonyl (C=O) groups excluding carboxylic acids is 1. The van der Waals surface area contributed by atoms with Gasteiger partial charge in [-0.05, 0) is 35.7 Å². The number of rotatable bonds is 4. The molecule has 6 nitrogen and oxygen atoms in total. The van der Waals surface area contributed by atoms with Gasteiger partial charge in [-0.3, -0.25) is 4.79 Å². The van der Waals surface area contributed by atoms with Crippen LogP contribution >= 0.6 is 10.7 Å². The first kappa shape index (κ1) is 13.5. The lowest BCUT2D eigenvalue weighted by molar-refractivity contribution is 0.112. The van der Waals surface area contributed by atoms with E-state index >= 15 is 0 Å². The summed E-state index contributed by atoms with van der Waals surface area (Å²) in [7, 11) is 1.41. The Morgan fingerprint density at radius 3 is 2.65 bits per heavy atom. The lowest BCUT2D eigenvalue weighted by Gasteiger charge is -2.07. The summed E-state index contributed by atoms with van der Waals surface area (Å²) in [5.41, 5.74) is 9.63. The summed E-state index contributed by atoms with van der Waals surface area (Å²) in [5, 5.41) is 3.39. The zero-order valence-corrected chi connectivity index (χ0v) is 10.4. The maximum absolute atomic E-state index is 11.0. The summed E-state index contributed by atoms with van der Waals surface area (Å²) < 4.78 is 22.0. The summed E-state index contributed by atoms with van der Waals surface area (Å²) in [4.78, 5) is 13.3. The van der Waals surface area contributed by atoms with E-state index < -0.39 is 14.8 Å². The fourth-order valence-electron chi connectivity index (χ4n) is 1.34. The van der Waals surface area contributed by atoms with Crippen LogP contribution in [-0.4, -0.2) is 14.7 Å². The minimum absolute atomic E-state index is 0.215. The first-order valence-corrected chi connectivity index (χ1v) is 6.91. The SMILES string of the molecule is Cc1c(CS(=O)(=O)Cl)cc(C=O)cc1N=[N+]=[N-]. The zero-order chi connectivity index (χ0) is 13.1.